The monoisotopic (exact) mass is 517 g/mol. The molecule has 1 aromatic carbocycles. The number of unbranched alkanes of at least 4 members (excludes halogenated alkanes) is 1. The number of nitrogens with zero attached hydrogens (tertiary/aromatic N) is 3. The first-order valence-corrected chi connectivity index (χ1v) is 13.6. The summed E-state index contributed by atoms with van der Waals surface area (Å²) in [5.74, 6) is 4.65. The molecule has 196 valence electrons. The maximum Gasteiger partial charge on any atom is 0.243 e. The van der Waals surface area contributed by atoms with E-state index < -0.39 is 28.5 Å². The SMILES string of the molecule is Cc1cnc2c(S(=O)(=O)NCC(=O)N3CC[C@H](C)C[C@H]3C(=O)NCCCCNC=NN)cccc2c1. The molecule has 2 heterocycles. The number of carbonyl (C=O) groups excluding carboxylic acids is 2. The number of nitrogens with two attached hydrogens (primary N) is 1. The van der Waals surface area contributed by atoms with Gasteiger partial charge in [0, 0.05) is 31.2 Å². The lowest BCUT2D eigenvalue weighted by Crippen LogP contribution is -2.55. The Morgan fingerprint density at radius 1 is 1.28 bits per heavy atom. The molecule has 1 fully saturated rings. The minimum Gasteiger partial charge on any atom is -0.375 e. The third-order valence-electron chi connectivity index (χ3n) is 6.21. The molecule has 2 atom stereocenters. The fourth-order valence-corrected chi connectivity index (χ4v) is 5.43. The van der Waals surface area contributed by atoms with E-state index in [1.165, 1.54) is 17.3 Å². The lowest BCUT2D eigenvalue weighted by molar-refractivity contribution is -0.142. The van der Waals surface area contributed by atoms with Crippen molar-refractivity contribution in [2.45, 2.75) is 50.5 Å². The van der Waals surface area contributed by atoms with Gasteiger partial charge in [-0.05, 0) is 56.2 Å². The number of pyridine rings is 1. The minimum absolute atomic E-state index is 0.0154. The quantitative estimate of drug-likeness (QED) is 0.113. The normalized spacial score (nSPS) is 18.4. The van der Waals surface area contributed by atoms with E-state index in [1.54, 1.807) is 18.3 Å². The van der Waals surface area contributed by atoms with E-state index in [0.717, 1.165) is 24.8 Å². The Morgan fingerprint density at radius 2 is 2.06 bits per heavy atom. The number of likely N-dealkylation sites (tertiary alicyclic amines) is 1. The summed E-state index contributed by atoms with van der Waals surface area (Å²) in [5, 5.41) is 9.88. The van der Waals surface area contributed by atoms with E-state index in [2.05, 4.69) is 25.4 Å². The standard InChI is InChI=1S/C24H35N7O4S/c1-17-8-11-31(20(13-17)24(33)27-10-4-3-9-26-16-29-25)22(32)15-30-36(34,35)21-7-5-6-19-12-18(2)14-28-23(19)21/h5-7,12,14,16-17,20,30H,3-4,8-11,13,15,25H2,1-2H3,(H,26,29)(H,27,33)/t17-,20-/m0/s1. The minimum atomic E-state index is -3.99. The molecule has 11 nitrogen and oxygen atoms in total. The molecule has 0 aliphatic carbocycles. The van der Waals surface area contributed by atoms with Crippen LogP contribution in [0.4, 0.5) is 0 Å². The number of rotatable bonds is 11. The number of carbonyl (C=O) groups is 2. The Balaban J connectivity index is 1.61. The molecule has 12 heteroatoms. The van der Waals surface area contributed by atoms with Crippen molar-refractivity contribution in [2.75, 3.05) is 26.2 Å². The maximum absolute atomic E-state index is 13.1. The first-order chi connectivity index (χ1) is 17.2. The number of amides is 2. The Hall–Kier alpha value is -3.25. The smallest absolute Gasteiger partial charge is 0.243 e. The largest absolute Gasteiger partial charge is 0.375 e. The van der Waals surface area contributed by atoms with Crippen LogP contribution in [0.2, 0.25) is 0 Å². The third kappa shape index (κ3) is 7.14. The van der Waals surface area contributed by atoms with Crippen molar-refractivity contribution in [3.05, 3.63) is 36.0 Å². The van der Waals surface area contributed by atoms with Gasteiger partial charge in [-0.2, -0.15) is 5.10 Å². The summed E-state index contributed by atoms with van der Waals surface area (Å²) >= 11 is 0. The van der Waals surface area contributed by atoms with Crippen molar-refractivity contribution in [3.8, 4) is 0 Å². The van der Waals surface area contributed by atoms with Crippen molar-refractivity contribution in [2.24, 2.45) is 16.9 Å². The zero-order chi connectivity index (χ0) is 26.1. The summed E-state index contributed by atoms with van der Waals surface area (Å²) in [5.41, 5.74) is 1.26. The Bertz CT molecular complexity index is 1200. The highest BCUT2D eigenvalue weighted by atomic mass is 32.2. The van der Waals surface area contributed by atoms with Gasteiger partial charge in [0.2, 0.25) is 21.8 Å². The third-order valence-corrected chi connectivity index (χ3v) is 7.65. The number of nitrogens with one attached hydrogen (secondary N) is 3. The van der Waals surface area contributed by atoms with Crippen LogP contribution in [-0.2, 0) is 19.6 Å². The van der Waals surface area contributed by atoms with E-state index in [9.17, 15) is 18.0 Å². The van der Waals surface area contributed by atoms with E-state index in [4.69, 9.17) is 5.84 Å². The molecule has 36 heavy (non-hydrogen) atoms. The molecule has 0 bridgehead atoms. The first kappa shape index (κ1) is 27.3. The van der Waals surface area contributed by atoms with Gasteiger partial charge in [-0.15, -0.1) is 0 Å². The van der Waals surface area contributed by atoms with Crippen LogP contribution in [0.1, 0.15) is 38.2 Å². The summed E-state index contributed by atoms with van der Waals surface area (Å²) < 4.78 is 28.5. The molecule has 2 aromatic rings. The van der Waals surface area contributed by atoms with Gasteiger partial charge >= 0.3 is 0 Å². The molecule has 0 spiro atoms. The summed E-state index contributed by atoms with van der Waals surface area (Å²) in [6.07, 6.45) is 5.88. The summed E-state index contributed by atoms with van der Waals surface area (Å²) in [7, 11) is -3.99. The number of aryl methyl sites for hydroxylation is 1. The van der Waals surface area contributed by atoms with E-state index in [1.807, 2.05) is 19.9 Å². The Morgan fingerprint density at radius 3 is 2.83 bits per heavy atom. The molecule has 2 amide bonds. The zero-order valence-electron chi connectivity index (χ0n) is 20.7. The number of sulfonamides is 1. The highest BCUT2D eigenvalue weighted by Crippen LogP contribution is 2.24. The highest BCUT2D eigenvalue weighted by molar-refractivity contribution is 7.89. The summed E-state index contributed by atoms with van der Waals surface area (Å²) in [6.45, 7) is 5.06. The molecule has 3 rings (SSSR count). The molecule has 0 unspecified atom stereocenters. The molecule has 0 radical (unpaired) electrons. The van der Waals surface area contributed by atoms with E-state index in [0.29, 0.717) is 37.0 Å². The van der Waals surface area contributed by atoms with Crippen molar-refractivity contribution in [3.63, 3.8) is 0 Å². The van der Waals surface area contributed by atoms with Gasteiger partial charge in [0.25, 0.3) is 0 Å². The number of fused-ring (bicyclic) bond motifs is 1. The molecule has 5 N–H and O–H groups in total. The molecule has 0 saturated carbocycles. The van der Waals surface area contributed by atoms with Crippen molar-refractivity contribution < 1.29 is 18.0 Å². The average Bonchev–Trinajstić information content (AvgIpc) is 2.86. The maximum atomic E-state index is 13.1. The van der Waals surface area contributed by atoms with Crippen LogP contribution in [0, 0.1) is 12.8 Å². The summed E-state index contributed by atoms with van der Waals surface area (Å²) in [6, 6.07) is 6.14. The van der Waals surface area contributed by atoms with Gasteiger partial charge < -0.3 is 21.4 Å². The molecule has 1 aliphatic heterocycles. The zero-order valence-corrected chi connectivity index (χ0v) is 21.6. The van der Waals surface area contributed by atoms with Gasteiger partial charge in [0.05, 0.1) is 12.1 Å². The molecular formula is C24H35N7O4S. The van der Waals surface area contributed by atoms with Crippen LogP contribution in [0.5, 0.6) is 0 Å². The lowest BCUT2D eigenvalue weighted by atomic mass is 9.91. The van der Waals surface area contributed by atoms with Crippen LogP contribution < -0.4 is 21.2 Å². The van der Waals surface area contributed by atoms with Gasteiger partial charge in [0.15, 0.2) is 0 Å². The first-order valence-electron chi connectivity index (χ1n) is 12.1. The number of para-hydroxylation sites is 1. The van der Waals surface area contributed by atoms with Crippen LogP contribution in [0.15, 0.2) is 40.5 Å². The van der Waals surface area contributed by atoms with Crippen LogP contribution in [0.3, 0.4) is 0 Å². The number of hydrazone groups is 1. The van der Waals surface area contributed by atoms with Crippen molar-refractivity contribution in [1.29, 1.82) is 0 Å². The molecule has 1 saturated heterocycles. The Labute approximate surface area is 211 Å². The van der Waals surface area contributed by atoms with Crippen molar-refractivity contribution in [1.82, 2.24) is 25.2 Å². The number of hydrogen-bond acceptors (Lipinski definition) is 7. The van der Waals surface area contributed by atoms with Crippen LogP contribution in [0.25, 0.3) is 10.9 Å². The number of piperidine rings is 1. The second kappa shape index (κ2) is 12.6. The fraction of sp³-hybridized carbons (Fsp3) is 0.500. The van der Waals surface area contributed by atoms with Gasteiger partial charge in [0.1, 0.15) is 17.3 Å². The predicted molar refractivity (Wildman–Crippen MR) is 138 cm³/mol. The second-order valence-electron chi connectivity index (χ2n) is 9.13. The lowest BCUT2D eigenvalue weighted by Gasteiger charge is -2.37. The van der Waals surface area contributed by atoms with Crippen molar-refractivity contribution >= 4 is 39.1 Å². The molecule has 1 aromatic heterocycles. The highest BCUT2D eigenvalue weighted by Gasteiger charge is 2.35. The number of benzene rings is 1. The average molecular weight is 518 g/mol. The fourth-order valence-electron chi connectivity index (χ4n) is 4.28. The van der Waals surface area contributed by atoms with Crippen LogP contribution >= 0.6 is 0 Å². The van der Waals surface area contributed by atoms with Gasteiger partial charge in [-0.25, -0.2) is 13.1 Å². The summed E-state index contributed by atoms with van der Waals surface area (Å²) in [4.78, 5) is 31.7. The number of hydrogen-bond donors (Lipinski definition) is 4. The van der Waals surface area contributed by atoms with Crippen LogP contribution in [-0.4, -0.2) is 68.7 Å². The molecular weight excluding hydrogens is 482 g/mol. The molecule has 1 aliphatic rings. The van der Waals surface area contributed by atoms with Gasteiger partial charge in [-0.1, -0.05) is 19.1 Å². The predicted octanol–water partition coefficient (Wildman–Crippen LogP) is 0.837. The second-order valence-corrected chi connectivity index (χ2v) is 10.9. The van der Waals surface area contributed by atoms with E-state index >= 15 is 0 Å². The van der Waals surface area contributed by atoms with Gasteiger partial charge in [-0.3, -0.25) is 14.6 Å². The number of aromatic nitrogens is 1. The topological polar surface area (TPSA) is 159 Å². The van der Waals surface area contributed by atoms with E-state index in [-0.39, 0.29) is 16.7 Å². The Kier molecular flexibility index (Phi) is 9.59.